The van der Waals surface area contributed by atoms with Crippen LogP contribution < -0.4 is 0 Å². The van der Waals surface area contributed by atoms with Crippen LogP contribution in [0.25, 0.3) is 0 Å². The molecule has 0 radical (unpaired) electrons. The van der Waals surface area contributed by atoms with E-state index in [0.717, 1.165) is 24.4 Å². The van der Waals surface area contributed by atoms with E-state index >= 15 is 0 Å². The number of rotatable bonds is 7. The number of hydrogen-bond acceptors (Lipinski definition) is 1. The van der Waals surface area contributed by atoms with Gasteiger partial charge >= 0.3 is 0 Å². The molecular weight excluding hydrogens is 182 g/mol. The van der Waals surface area contributed by atoms with Crippen molar-refractivity contribution < 1.29 is 0 Å². The number of halogens is 1. The van der Waals surface area contributed by atoms with Crippen LogP contribution in [0.4, 0.5) is 0 Å². The Kier molecular flexibility index (Phi) is 5.12. The lowest BCUT2D eigenvalue weighted by molar-refractivity contribution is 0.234. The molecule has 1 aliphatic carbocycles. The molecule has 78 valence electrons. The Morgan fingerprint density at radius 1 is 1.46 bits per heavy atom. The molecule has 1 atom stereocenters. The Morgan fingerprint density at radius 3 is 2.62 bits per heavy atom. The Hall–Kier alpha value is 0.250. The average Bonchev–Trinajstić information content (AvgIpc) is 2.86. The van der Waals surface area contributed by atoms with Crippen molar-refractivity contribution in [3.8, 4) is 0 Å². The molecule has 0 aromatic rings. The maximum Gasteiger partial charge on any atom is 0.0351 e. The van der Waals surface area contributed by atoms with Gasteiger partial charge in [-0.15, -0.1) is 11.6 Å². The minimum Gasteiger partial charge on any atom is -0.299 e. The largest absolute Gasteiger partial charge is 0.299 e. The fraction of sp³-hybridized carbons (Fsp3) is 1.00. The molecule has 0 aliphatic heterocycles. The second-order valence-corrected chi connectivity index (χ2v) is 4.69. The third kappa shape index (κ3) is 4.33. The maximum absolute atomic E-state index is 5.79. The van der Waals surface area contributed by atoms with Gasteiger partial charge in [0.05, 0.1) is 0 Å². The van der Waals surface area contributed by atoms with E-state index in [0.29, 0.717) is 0 Å². The lowest BCUT2D eigenvalue weighted by atomic mass is 10.1. The Bertz CT molecular complexity index is 134. The third-order valence-electron chi connectivity index (χ3n) is 2.76. The highest BCUT2D eigenvalue weighted by Gasteiger charge is 2.28. The highest BCUT2D eigenvalue weighted by molar-refractivity contribution is 6.18. The van der Waals surface area contributed by atoms with E-state index in [1.165, 1.54) is 32.2 Å². The molecule has 0 N–H and O–H groups in total. The van der Waals surface area contributed by atoms with Crippen LogP contribution in [0.2, 0.25) is 0 Å². The zero-order valence-electron chi connectivity index (χ0n) is 8.93. The minimum atomic E-state index is 0.787. The fourth-order valence-corrected chi connectivity index (χ4v) is 2.17. The highest BCUT2D eigenvalue weighted by atomic mass is 35.5. The van der Waals surface area contributed by atoms with Gasteiger partial charge in [0, 0.05) is 25.0 Å². The summed E-state index contributed by atoms with van der Waals surface area (Å²) >= 11 is 5.79. The lowest BCUT2D eigenvalue weighted by Gasteiger charge is -2.24. The van der Waals surface area contributed by atoms with Crippen LogP contribution >= 0.6 is 11.6 Å². The second kappa shape index (κ2) is 5.87. The van der Waals surface area contributed by atoms with Crippen LogP contribution in [0.5, 0.6) is 0 Å². The van der Waals surface area contributed by atoms with Crippen LogP contribution in [0.15, 0.2) is 0 Å². The van der Waals surface area contributed by atoms with Gasteiger partial charge in [0.1, 0.15) is 0 Å². The first-order chi connectivity index (χ1) is 6.27. The van der Waals surface area contributed by atoms with Crippen molar-refractivity contribution in [3.63, 3.8) is 0 Å². The van der Waals surface area contributed by atoms with Crippen LogP contribution in [-0.4, -0.2) is 29.9 Å². The maximum atomic E-state index is 5.79. The summed E-state index contributed by atoms with van der Waals surface area (Å²) in [6, 6.07) is 0.873. The van der Waals surface area contributed by atoms with Crippen LogP contribution in [0.3, 0.4) is 0 Å². The van der Waals surface area contributed by atoms with E-state index in [4.69, 9.17) is 11.6 Å². The molecule has 0 aromatic heterocycles. The van der Waals surface area contributed by atoms with Crippen molar-refractivity contribution in [3.05, 3.63) is 0 Å². The predicted octanol–water partition coefficient (Wildman–Crippen LogP) is 3.13. The fourth-order valence-electron chi connectivity index (χ4n) is 1.96. The standard InChI is InChI=1S/C11H22ClN/c1-3-4-10(2)9-13(8-7-12)11-5-6-11/h10-11H,3-9H2,1-2H3. The number of alkyl halides is 1. The summed E-state index contributed by atoms with van der Waals surface area (Å²) in [4.78, 5) is 2.58. The van der Waals surface area contributed by atoms with Gasteiger partial charge in [-0.1, -0.05) is 20.3 Å². The van der Waals surface area contributed by atoms with Crippen molar-refractivity contribution in [2.45, 2.75) is 45.6 Å². The summed E-state index contributed by atoms with van der Waals surface area (Å²) in [6.45, 7) is 6.96. The summed E-state index contributed by atoms with van der Waals surface area (Å²) in [5, 5.41) is 0. The molecule has 1 unspecified atom stereocenters. The van der Waals surface area contributed by atoms with Gasteiger partial charge in [0.15, 0.2) is 0 Å². The second-order valence-electron chi connectivity index (χ2n) is 4.31. The van der Waals surface area contributed by atoms with Crippen LogP contribution in [0, 0.1) is 5.92 Å². The molecular formula is C11H22ClN. The molecule has 1 saturated carbocycles. The van der Waals surface area contributed by atoms with Gasteiger partial charge in [0.25, 0.3) is 0 Å². The minimum absolute atomic E-state index is 0.787. The molecule has 0 saturated heterocycles. The van der Waals surface area contributed by atoms with Gasteiger partial charge in [-0.3, -0.25) is 4.90 Å². The zero-order chi connectivity index (χ0) is 9.68. The molecule has 1 fully saturated rings. The Balaban J connectivity index is 2.20. The smallest absolute Gasteiger partial charge is 0.0351 e. The first kappa shape index (κ1) is 11.3. The van der Waals surface area contributed by atoms with E-state index in [1.54, 1.807) is 0 Å². The van der Waals surface area contributed by atoms with Gasteiger partial charge in [0.2, 0.25) is 0 Å². The molecule has 1 rings (SSSR count). The summed E-state index contributed by atoms with van der Waals surface area (Å²) in [5.74, 6) is 1.63. The van der Waals surface area contributed by atoms with Crippen molar-refractivity contribution >= 4 is 11.6 Å². The van der Waals surface area contributed by atoms with Gasteiger partial charge in [-0.25, -0.2) is 0 Å². The summed E-state index contributed by atoms with van der Waals surface area (Å²) in [6.07, 6.45) is 5.46. The number of hydrogen-bond donors (Lipinski definition) is 0. The first-order valence-electron chi connectivity index (χ1n) is 5.58. The van der Waals surface area contributed by atoms with E-state index in [1.807, 2.05) is 0 Å². The summed E-state index contributed by atoms with van der Waals surface area (Å²) in [7, 11) is 0. The highest BCUT2D eigenvalue weighted by Crippen LogP contribution is 2.27. The van der Waals surface area contributed by atoms with E-state index in [9.17, 15) is 0 Å². The van der Waals surface area contributed by atoms with E-state index in [2.05, 4.69) is 18.7 Å². The monoisotopic (exact) mass is 203 g/mol. The third-order valence-corrected chi connectivity index (χ3v) is 2.93. The predicted molar refractivity (Wildman–Crippen MR) is 59.4 cm³/mol. The Morgan fingerprint density at radius 2 is 2.15 bits per heavy atom. The molecule has 0 spiro atoms. The van der Waals surface area contributed by atoms with Crippen molar-refractivity contribution in [2.24, 2.45) is 5.92 Å². The molecule has 1 nitrogen and oxygen atoms in total. The Labute approximate surface area is 87.4 Å². The molecule has 0 bridgehead atoms. The zero-order valence-corrected chi connectivity index (χ0v) is 9.69. The van der Waals surface area contributed by atoms with Crippen molar-refractivity contribution in [1.29, 1.82) is 0 Å². The molecule has 0 heterocycles. The first-order valence-corrected chi connectivity index (χ1v) is 6.11. The van der Waals surface area contributed by atoms with Crippen molar-refractivity contribution in [1.82, 2.24) is 4.90 Å². The molecule has 0 amide bonds. The van der Waals surface area contributed by atoms with Crippen molar-refractivity contribution in [2.75, 3.05) is 19.0 Å². The molecule has 1 aliphatic rings. The molecule has 2 heteroatoms. The summed E-state index contributed by atoms with van der Waals surface area (Å²) < 4.78 is 0. The van der Waals surface area contributed by atoms with E-state index < -0.39 is 0 Å². The van der Waals surface area contributed by atoms with E-state index in [-0.39, 0.29) is 0 Å². The molecule has 0 aromatic carbocycles. The number of nitrogens with zero attached hydrogens (tertiary/aromatic N) is 1. The van der Waals surface area contributed by atoms with Crippen LogP contribution in [-0.2, 0) is 0 Å². The normalized spacial score (nSPS) is 19.4. The lowest BCUT2D eigenvalue weighted by Crippen LogP contribution is -2.32. The van der Waals surface area contributed by atoms with Crippen LogP contribution in [0.1, 0.15) is 39.5 Å². The topological polar surface area (TPSA) is 3.24 Å². The van der Waals surface area contributed by atoms with Gasteiger partial charge < -0.3 is 0 Å². The summed E-state index contributed by atoms with van der Waals surface area (Å²) in [5.41, 5.74) is 0. The quantitative estimate of drug-likeness (QED) is 0.575. The van der Waals surface area contributed by atoms with Gasteiger partial charge in [-0.05, 0) is 25.2 Å². The van der Waals surface area contributed by atoms with Gasteiger partial charge in [-0.2, -0.15) is 0 Å². The average molecular weight is 204 g/mol. The molecule has 13 heavy (non-hydrogen) atoms. The SMILES string of the molecule is CCCC(C)CN(CCCl)C1CC1.